The molecule has 3 aromatic rings. The number of nitrogens with zero attached hydrogens (tertiary/aromatic N) is 4. The summed E-state index contributed by atoms with van der Waals surface area (Å²) < 4.78 is 7.08. The van der Waals surface area contributed by atoms with Crippen molar-refractivity contribution in [2.45, 2.75) is 26.2 Å². The van der Waals surface area contributed by atoms with Crippen molar-refractivity contribution in [2.24, 2.45) is 5.92 Å². The molecule has 0 atom stereocenters. The Morgan fingerprint density at radius 1 is 1.20 bits per heavy atom. The molecule has 6 heteroatoms. The second-order valence-corrected chi connectivity index (χ2v) is 6.50. The first-order valence-corrected chi connectivity index (χ1v) is 8.89. The second kappa shape index (κ2) is 6.70. The van der Waals surface area contributed by atoms with Gasteiger partial charge in [0.25, 0.3) is 0 Å². The fraction of sp³-hybridized carbons (Fsp3) is 0.421. The summed E-state index contributed by atoms with van der Waals surface area (Å²) in [5.41, 5.74) is 2.03. The number of fused-ring (bicyclic) bond motifs is 3. The summed E-state index contributed by atoms with van der Waals surface area (Å²) in [6.07, 6.45) is 4.54. The first kappa shape index (κ1) is 15.9. The Hall–Kier alpha value is -2.63. The maximum Gasteiger partial charge on any atom is 0.306 e. The molecule has 1 saturated heterocycles. The Bertz CT molecular complexity index is 897. The van der Waals surface area contributed by atoms with Crippen molar-refractivity contribution in [3.05, 3.63) is 36.5 Å². The maximum atomic E-state index is 11.6. The number of anilines is 1. The van der Waals surface area contributed by atoms with Crippen molar-refractivity contribution in [1.82, 2.24) is 14.4 Å². The van der Waals surface area contributed by atoms with E-state index in [1.54, 1.807) is 0 Å². The van der Waals surface area contributed by atoms with Crippen LogP contribution >= 0.6 is 0 Å². The smallest absolute Gasteiger partial charge is 0.306 e. The summed E-state index contributed by atoms with van der Waals surface area (Å²) in [7, 11) is 0. The maximum absolute atomic E-state index is 11.6. The van der Waals surface area contributed by atoms with Crippen molar-refractivity contribution in [1.29, 1.82) is 0 Å². The lowest BCUT2D eigenvalue weighted by Gasteiger charge is -2.32. The van der Waals surface area contributed by atoms with E-state index in [2.05, 4.69) is 16.0 Å². The summed E-state index contributed by atoms with van der Waals surface area (Å²) in [4.78, 5) is 23.3. The predicted molar refractivity (Wildman–Crippen MR) is 96.7 cm³/mol. The second-order valence-electron chi connectivity index (χ2n) is 6.50. The summed E-state index contributed by atoms with van der Waals surface area (Å²) in [5, 5.41) is 0. The molecule has 1 fully saturated rings. The number of aromatic nitrogens is 3. The number of carbonyl (C=O) groups is 1. The number of para-hydroxylation sites is 2. The van der Waals surface area contributed by atoms with Gasteiger partial charge in [0.15, 0.2) is 0 Å². The Balaban J connectivity index is 1.48. The minimum Gasteiger partial charge on any atom is -0.466 e. The molecule has 1 aliphatic heterocycles. The van der Waals surface area contributed by atoms with Gasteiger partial charge in [-0.25, -0.2) is 4.98 Å². The molecule has 25 heavy (non-hydrogen) atoms. The monoisotopic (exact) mass is 338 g/mol. The number of ether oxygens (including phenoxy) is 1. The summed E-state index contributed by atoms with van der Waals surface area (Å²) in [5.74, 6) is 2.02. The Labute approximate surface area is 146 Å². The highest BCUT2D eigenvalue weighted by molar-refractivity contribution is 5.79. The van der Waals surface area contributed by atoms with Crippen molar-refractivity contribution in [3.63, 3.8) is 0 Å². The zero-order valence-electron chi connectivity index (χ0n) is 14.4. The van der Waals surface area contributed by atoms with Crippen LogP contribution in [-0.4, -0.2) is 40.0 Å². The van der Waals surface area contributed by atoms with E-state index >= 15 is 0 Å². The molecule has 0 bridgehead atoms. The van der Waals surface area contributed by atoms with Crippen LogP contribution in [0, 0.1) is 5.92 Å². The van der Waals surface area contributed by atoms with Crippen LogP contribution in [0.4, 0.5) is 5.82 Å². The minimum atomic E-state index is -0.0791. The highest BCUT2D eigenvalue weighted by Gasteiger charge is 2.23. The van der Waals surface area contributed by atoms with Crippen molar-refractivity contribution < 1.29 is 9.53 Å². The summed E-state index contributed by atoms with van der Waals surface area (Å²) in [6, 6.07) is 10.1. The third-order valence-corrected chi connectivity index (χ3v) is 4.86. The quantitative estimate of drug-likeness (QED) is 0.684. The SMILES string of the molecule is CCOC(=O)CC1CCN(c2ccn3c(n2)nc2ccccc23)CC1. The van der Waals surface area contributed by atoms with Crippen molar-refractivity contribution in [2.75, 3.05) is 24.6 Å². The average Bonchev–Trinajstić information content (AvgIpc) is 3.00. The number of hydrogen-bond donors (Lipinski definition) is 0. The van der Waals surface area contributed by atoms with Crippen molar-refractivity contribution in [3.8, 4) is 0 Å². The fourth-order valence-electron chi connectivity index (χ4n) is 3.54. The van der Waals surface area contributed by atoms with E-state index in [9.17, 15) is 4.79 Å². The standard InChI is InChI=1S/C19H22N4O2/c1-2-25-18(24)13-14-7-10-22(11-8-14)17-9-12-23-16-6-4-3-5-15(16)20-19(23)21-17/h3-6,9,12,14H,2,7-8,10-11,13H2,1H3. The first-order chi connectivity index (χ1) is 12.2. The third-order valence-electron chi connectivity index (χ3n) is 4.86. The largest absolute Gasteiger partial charge is 0.466 e. The highest BCUT2D eigenvalue weighted by atomic mass is 16.5. The van der Waals surface area contributed by atoms with E-state index in [1.165, 1.54) is 0 Å². The fourth-order valence-corrected chi connectivity index (χ4v) is 3.54. The van der Waals surface area contributed by atoms with Gasteiger partial charge in [-0.3, -0.25) is 9.20 Å². The average molecular weight is 338 g/mol. The highest BCUT2D eigenvalue weighted by Crippen LogP contribution is 2.25. The van der Waals surface area contributed by atoms with Crippen LogP contribution in [0.5, 0.6) is 0 Å². The minimum absolute atomic E-state index is 0.0791. The lowest BCUT2D eigenvalue weighted by atomic mass is 9.93. The molecule has 0 radical (unpaired) electrons. The zero-order valence-corrected chi connectivity index (χ0v) is 14.4. The molecule has 3 heterocycles. The number of imidazole rings is 1. The van der Waals surface area contributed by atoms with Crippen LogP contribution in [0.1, 0.15) is 26.2 Å². The molecular formula is C19H22N4O2. The molecular weight excluding hydrogens is 316 g/mol. The van der Waals surface area contributed by atoms with E-state index < -0.39 is 0 Å². The Morgan fingerprint density at radius 3 is 2.80 bits per heavy atom. The zero-order chi connectivity index (χ0) is 17.2. The van der Waals surface area contributed by atoms with Gasteiger partial charge in [-0.1, -0.05) is 12.1 Å². The topological polar surface area (TPSA) is 59.7 Å². The van der Waals surface area contributed by atoms with Crippen LogP contribution < -0.4 is 4.90 Å². The summed E-state index contributed by atoms with van der Waals surface area (Å²) in [6.45, 7) is 4.13. The molecule has 6 nitrogen and oxygen atoms in total. The molecule has 130 valence electrons. The van der Waals surface area contributed by atoms with E-state index in [-0.39, 0.29) is 5.97 Å². The van der Waals surface area contributed by atoms with Crippen LogP contribution in [0.15, 0.2) is 36.5 Å². The van der Waals surface area contributed by atoms with E-state index in [0.717, 1.165) is 48.6 Å². The number of hydrogen-bond acceptors (Lipinski definition) is 5. The van der Waals surface area contributed by atoms with E-state index in [4.69, 9.17) is 9.72 Å². The molecule has 4 rings (SSSR count). The Kier molecular flexibility index (Phi) is 4.26. The van der Waals surface area contributed by atoms with Crippen LogP contribution in [0.25, 0.3) is 16.8 Å². The lowest BCUT2D eigenvalue weighted by molar-refractivity contribution is -0.144. The van der Waals surface area contributed by atoms with Gasteiger partial charge in [0.2, 0.25) is 5.78 Å². The molecule has 0 saturated carbocycles. The predicted octanol–water partition coefficient (Wildman–Crippen LogP) is 3.05. The molecule has 0 amide bonds. The van der Waals surface area contributed by atoms with Gasteiger partial charge < -0.3 is 9.64 Å². The molecule has 0 unspecified atom stereocenters. The van der Waals surface area contributed by atoms with Crippen LogP contribution in [0.3, 0.4) is 0 Å². The van der Waals surface area contributed by atoms with Gasteiger partial charge in [-0.05, 0) is 43.9 Å². The molecule has 1 aliphatic rings. The van der Waals surface area contributed by atoms with Gasteiger partial charge in [-0.2, -0.15) is 4.98 Å². The van der Waals surface area contributed by atoms with Gasteiger partial charge >= 0.3 is 5.97 Å². The van der Waals surface area contributed by atoms with Crippen LogP contribution in [-0.2, 0) is 9.53 Å². The molecule has 0 aliphatic carbocycles. The van der Waals surface area contributed by atoms with Gasteiger partial charge in [-0.15, -0.1) is 0 Å². The third kappa shape index (κ3) is 3.16. The number of esters is 1. The van der Waals surface area contributed by atoms with Crippen LogP contribution in [0.2, 0.25) is 0 Å². The number of piperidine rings is 1. The normalized spacial score (nSPS) is 15.8. The number of rotatable bonds is 4. The lowest BCUT2D eigenvalue weighted by Crippen LogP contribution is -2.35. The van der Waals surface area contributed by atoms with E-state index in [0.29, 0.717) is 18.9 Å². The molecule has 0 spiro atoms. The van der Waals surface area contributed by atoms with Gasteiger partial charge in [0.05, 0.1) is 17.6 Å². The number of carbonyl (C=O) groups excluding carboxylic acids is 1. The van der Waals surface area contributed by atoms with Gasteiger partial charge in [0.1, 0.15) is 5.82 Å². The van der Waals surface area contributed by atoms with Gasteiger partial charge in [0, 0.05) is 25.7 Å². The van der Waals surface area contributed by atoms with E-state index in [1.807, 2.05) is 41.8 Å². The molecule has 0 N–H and O–H groups in total. The summed E-state index contributed by atoms with van der Waals surface area (Å²) >= 11 is 0. The first-order valence-electron chi connectivity index (χ1n) is 8.89. The Morgan fingerprint density at radius 2 is 2.00 bits per heavy atom. The van der Waals surface area contributed by atoms with Crippen molar-refractivity contribution >= 4 is 28.6 Å². The number of benzene rings is 1. The molecule has 1 aromatic carbocycles. The molecule has 2 aromatic heterocycles.